The monoisotopic (exact) mass is 242 g/mol. The summed E-state index contributed by atoms with van der Waals surface area (Å²) in [7, 11) is 0. The van der Waals surface area contributed by atoms with Gasteiger partial charge in [-0.3, -0.25) is 4.79 Å². The zero-order valence-corrected chi connectivity index (χ0v) is 8.44. The molecule has 5 heteroatoms. The van der Waals surface area contributed by atoms with Gasteiger partial charge >= 0.3 is 0 Å². The largest absolute Gasteiger partial charge is 0.299 e. The fourth-order valence-corrected chi connectivity index (χ4v) is 2.55. The maximum absolute atomic E-state index is 13.6. The normalized spacial score (nSPS) is 25.3. The van der Waals surface area contributed by atoms with Crippen molar-refractivity contribution in [3.63, 3.8) is 0 Å². The summed E-state index contributed by atoms with van der Waals surface area (Å²) in [4.78, 5) is 11.5. The smallest absolute Gasteiger partial charge is 0.197 e. The molecule has 0 radical (unpaired) electrons. The second kappa shape index (κ2) is 3.18. The second-order valence-electron chi connectivity index (χ2n) is 4.22. The van der Waals surface area contributed by atoms with Crippen molar-refractivity contribution in [2.75, 3.05) is 0 Å². The van der Waals surface area contributed by atoms with Crippen LogP contribution < -0.4 is 0 Å². The van der Waals surface area contributed by atoms with Crippen LogP contribution in [-0.4, -0.2) is 5.78 Å². The van der Waals surface area contributed by atoms with Crippen molar-refractivity contribution >= 4 is 5.78 Å². The lowest BCUT2D eigenvalue weighted by molar-refractivity contribution is -0.120. The first-order valence-electron chi connectivity index (χ1n) is 5.09. The van der Waals surface area contributed by atoms with E-state index in [0.29, 0.717) is 0 Å². The number of allylic oxidation sites excluding steroid dienone is 2. The number of carbonyl (C=O) groups is 1. The van der Waals surface area contributed by atoms with Crippen LogP contribution in [0.5, 0.6) is 0 Å². The van der Waals surface area contributed by atoms with E-state index in [4.69, 9.17) is 0 Å². The van der Waals surface area contributed by atoms with Crippen LogP contribution in [0.3, 0.4) is 0 Å². The number of hydrogen-bond acceptors (Lipinski definition) is 1. The molecule has 1 aromatic carbocycles. The van der Waals surface area contributed by atoms with Crippen molar-refractivity contribution in [3.8, 4) is 0 Å². The molecule has 2 bridgehead atoms. The van der Waals surface area contributed by atoms with Crippen LogP contribution in [-0.2, 0) is 4.79 Å². The molecule has 1 nitrogen and oxygen atoms in total. The van der Waals surface area contributed by atoms with Gasteiger partial charge in [-0.2, -0.15) is 0 Å². The Morgan fingerprint density at radius 3 is 2.06 bits per heavy atom. The number of carbonyl (C=O) groups excluding carboxylic acids is 1. The Balaban J connectivity index is 2.40. The van der Waals surface area contributed by atoms with E-state index in [-0.39, 0.29) is 23.3 Å². The van der Waals surface area contributed by atoms with Gasteiger partial charge in [0.25, 0.3) is 0 Å². The Morgan fingerprint density at radius 2 is 1.47 bits per heavy atom. The fourth-order valence-electron chi connectivity index (χ4n) is 2.55. The van der Waals surface area contributed by atoms with E-state index in [2.05, 4.69) is 0 Å². The number of benzene rings is 1. The summed E-state index contributed by atoms with van der Waals surface area (Å²) in [6, 6.07) is 0. The van der Waals surface area contributed by atoms with Crippen LogP contribution in [0.4, 0.5) is 17.6 Å². The summed E-state index contributed by atoms with van der Waals surface area (Å²) in [6.07, 6.45) is 2.96. The quantitative estimate of drug-likeness (QED) is 0.296. The van der Waals surface area contributed by atoms with Crippen molar-refractivity contribution in [1.82, 2.24) is 0 Å². The number of halogens is 4. The van der Waals surface area contributed by atoms with E-state index in [1.165, 1.54) is 12.2 Å². The summed E-state index contributed by atoms with van der Waals surface area (Å²) in [6.45, 7) is 0. The van der Waals surface area contributed by atoms with E-state index >= 15 is 0 Å². The van der Waals surface area contributed by atoms with Gasteiger partial charge in [-0.05, 0) is 0 Å². The predicted molar refractivity (Wildman–Crippen MR) is 50.5 cm³/mol. The van der Waals surface area contributed by atoms with Gasteiger partial charge in [0.2, 0.25) is 0 Å². The van der Waals surface area contributed by atoms with Crippen LogP contribution >= 0.6 is 0 Å². The van der Waals surface area contributed by atoms with Crippen molar-refractivity contribution in [2.24, 2.45) is 0 Å². The van der Waals surface area contributed by atoms with Crippen molar-refractivity contribution in [2.45, 2.75) is 18.3 Å². The first-order valence-corrected chi connectivity index (χ1v) is 5.09. The summed E-state index contributed by atoms with van der Waals surface area (Å²) in [5.74, 6) is -8.47. The minimum atomic E-state index is -1.85. The Labute approximate surface area is 93.7 Å². The Hall–Kier alpha value is -1.65. The number of ketones is 1. The average molecular weight is 242 g/mol. The SMILES string of the molecule is O=C1C[C@@H]2C=C[C@@H]1c1c(F)c(F)c(F)c(F)c12. The third-order valence-electron chi connectivity index (χ3n) is 3.33. The lowest BCUT2D eigenvalue weighted by Gasteiger charge is -2.32. The molecular formula is C12H6F4O. The fraction of sp³-hybridized carbons (Fsp3) is 0.250. The van der Waals surface area contributed by atoms with Crippen LogP contribution in [0.15, 0.2) is 12.2 Å². The van der Waals surface area contributed by atoms with E-state index < -0.39 is 35.1 Å². The van der Waals surface area contributed by atoms with Gasteiger partial charge in [0.05, 0.1) is 5.92 Å². The van der Waals surface area contributed by atoms with Crippen molar-refractivity contribution in [1.29, 1.82) is 0 Å². The zero-order valence-electron chi connectivity index (χ0n) is 8.44. The molecule has 0 saturated heterocycles. The lowest BCUT2D eigenvalue weighted by Crippen LogP contribution is -2.29. The summed E-state index contributed by atoms with van der Waals surface area (Å²) >= 11 is 0. The molecule has 3 aliphatic carbocycles. The molecule has 0 aliphatic heterocycles. The number of rotatable bonds is 0. The van der Waals surface area contributed by atoms with Gasteiger partial charge < -0.3 is 0 Å². The molecule has 1 aromatic rings. The number of fused-ring (bicyclic) bond motifs is 1. The highest BCUT2D eigenvalue weighted by Gasteiger charge is 2.41. The molecule has 0 aromatic heterocycles. The van der Waals surface area contributed by atoms with Crippen LogP contribution in [0.25, 0.3) is 0 Å². The van der Waals surface area contributed by atoms with Crippen molar-refractivity contribution in [3.05, 3.63) is 46.5 Å². The number of Topliss-reactive ketones (excluding diaryl/α,β-unsaturated/α-hetero) is 1. The molecule has 0 spiro atoms. The standard InChI is InChI=1S/C12H6F4O/c13-9-7-4-1-2-5(6(17)3-4)8(7)10(14)12(16)11(9)15/h1-2,4-5H,3H2/t4-,5-/m0/s1. The highest BCUT2D eigenvalue weighted by molar-refractivity contribution is 5.92. The minimum absolute atomic E-state index is 0.00952. The molecule has 4 rings (SSSR count). The van der Waals surface area contributed by atoms with Gasteiger partial charge in [0.15, 0.2) is 23.3 Å². The van der Waals surface area contributed by atoms with E-state index in [1.54, 1.807) is 0 Å². The Morgan fingerprint density at radius 1 is 0.882 bits per heavy atom. The third kappa shape index (κ3) is 1.16. The highest BCUT2D eigenvalue weighted by Crippen LogP contribution is 2.46. The molecular weight excluding hydrogens is 236 g/mol. The van der Waals surface area contributed by atoms with Crippen LogP contribution in [0.1, 0.15) is 29.4 Å². The molecule has 0 amide bonds. The van der Waals surface area contributed by atoms with Gasteiger partial charge in [0, 0.05) is 23.5 Å². The van der Waals surface area contributed by atoms with Gasteiger partial charge in [-0.15, -0.1) is 0 Å². The average Bonchev–Trinajstić information content (AvgIpc) is 2.33. The molecule has 0 N–H and O–H groups in total. The molecule has 0 fully saturated rings. The lowest BCUT2D eigenvalue weighted by atomic mass is 9.70. The van der Waals surface area contributed by atoms with Gasteiger partial charge in [-0.1, -0.05) is 12.2 Å². The molecule has 88 valence electrons. The first kappa shape index (κ1) is 10.5. The maximum Gasteiger partial charge on any atom is 0.197 e. The van der Waals surface area contributed by atoms with E-state index in [1.807, 2.05) is 0 Å². The minimum Gasteiger partial charge on any atom is -0.299 e. The molecule has 2 atom stereocenters. The maximum atomic E-state index is 13.6. The van der Waals surface area contributed by atoms with E-state index in [0.717, 1.165) is 0 Å². The topological polar surface area (TPSA) is 17.1 Å². The summed E-state index contributed by atoms with van der Waals surface area (Å²) in [5.41, 5.74) is -0.557. The number of hydrogen-bond donors (Lipinski definition) is 0. The zero-order chi connectivity index (χ0) is 12.3. The highest BCUT2D eigenvalue weighted by atomic mass is 19.2. The van der Waals surface area contributed by atoms with Crippen molar-refractivity contribution < 1.29 is 22.4 Å². The molecule has 17 heavy (non-hydrogen) atoms. The van der Waals surface area contributed by atoms with Gasteiger partial charge in [-0.25, -0.2) is 17.6 Å². The molecule has 0 saturated carbocycles. The second-order valence-corrected chi connectivity index (χ2v) is 4.22. The van der Waals surface area contributed by atoms with E-state index in [9.17, 15) is 22.4 Å². The molecule has 0 unspecified atom stereocenters. The first-order chi connectivity index (χ1) is 8.02. The van der Waals surface area contributed by atoms with Crippen LogP contribution in [0, 0.1) is 23.3 Å². The third-order valence-corrected chi connectivity index (χ3v) is 3.33. The Kier molecular flexibility index (Phi) is 1.97. The summed E-state index contributed by atoms with van der Waals surface area (Å²) in [5, 5.41) is 0. The van der Waals surface area contributed by atoms with Crippen LogP contribution in [0.2, 0.25) is 0 Å². The Bertz CT molecular complexity index is 577. The van der Waals surface area contributed by atoms with Gasteiger partial charge in [0.1, 0.15) is 5.78 Å². The molecule has 3 aliphatic rings. The summed E-state index contributed by atoms with van der Waals surface area (Å²) < 4.78 is 53.4. The molecule has 0 heterocycles. The predicted octanol–water partition coefficient (Wildman–Crippen LogP) is 2.95.